The molecule has 1 aliphatic heterocycles. The maximum atomic E-state index is 16.7. The molecule has 1 unspecified atom stereocenters. The van der Waals surface area contributed by atoms with Crippen LogP contribution in [0.15, 0.2) is 176 Å². The van der Waals surface area contributed by atoms with Crippen molar-refractivity contribution in [1.82, 2.24) is 0 Å². The Kier molecular flexibility index (Phi) is 6.17. The topological polar surface area (TPSA) is 17.1 Å². The van der Waals surface area contributed by atoms with Gasteiger partial charge in [-0.05, 0) is 84.8 Å². The zero-order valence-corrected chi connectivity index (χ0v) is 26.0. The van der Waals surface area contributed by atoms with E-state index in [9.17, 15) is 0 Å². The summed E-state index contributed by atoms with van der Waals surface area (Å²) in [6.45, 7) is 0. The van der Waals surface area contributed by atoms with Gasteiger partial charge >= 0.3 is 0 Å². The number of rotatable bonds is 3. The largest absolute Gasteiger partial charge is 0.309 e. The summed E-state index contributed by atoms with van der Waals surface area (Å²) in [5, 5.41) is 7.21. The van der Waals surface area contributed by atoms with Gasteiger partial charge in [-0.3, -0.25) is 0 Å². The quantitative estimate of drug-likeness (QED) is 0.183. The van der Waals surface area contributed by atoms with Crippen molar-refractivity contribution in [3.8, 4) is 44.5 Å². The van der Waals surface area contributed by atoms with Crippen molar-refractivity contribution >= 4 is 44.6 Å². The predicted octanol–water partition coefficient (Wildman–Crippen LogP) is 10.6. The maximum absolute atomic E-state index is 16.7. The summed E-state index contributed by atoms with van der Waals surface area (Å²) in [5.41, 5.74) is 8.67. The van der Waals surface area contributed by atoms with Crippen molar-refractivity contribution in [3.63, 3.8) is 0 Å². The lowest BCUT2D eigenvalue weighted by Gasteiger charge is -2.24. The fourth-order valence-electron chi connectivity index (χ4n) is 7.32. The van der Waals surface area contributed by atoms with Gasteiger partial charge in [0.05, 0.1) is 0 Å². The first kappa shape index (κ1) is 26.9. The van der Waals surface area contributed by atoms with Crippen LogP contribution in [0.4, 0.5) is 0 Å². The fraction of sp³-hybridized carbons (Fsp3) is 0. The van der Waals surface area contributed by atoms with E-state index in [-0.39, 0.29) is 0 Å². The van der Waals surface area contributed by atoms with Crippen molar-refractivity contribution in [2.45, 2.75) is 0 Å². The van der Waals surface area contributed by atoms with E-state index in [4.69, 9.17) is 0 Å². The van der Waals surface area contributed by atoms with Crippen molar-refractivity contribution in [2.24, 2.45) is 0 Å². The van der Waals surface area contributed by atoms with Gasteiger partial charge in [0.25, 0.3) is 0 Å². The molecule has 2 heteroatoms. The van der Waals surface area contributed by atoms with Crippen LogP contribution in [-0.2, 0) is 4.57 Å². The van der Waals surface area contributed by atoms with Gasteiger partial charge in [0.15, 0.2) is 7.14 Å². The van der Waals surface area contributed by atoms with Crippen molar-refractivity contribution in [3.05, 3.63) is 176 Å². The Morgan fingerprint density at radius 3 is 1.52 bits per heavy atom. The lowest BCUT2D eigenvalue weighted by molar-refractivity contribution is 0.592. The first-order valence-electron chi connectivity index (χ1n) is 15.7. The van der Waals surface area contributed by atoms with Crippen LogP contribution in [0.2, 0.25) is 0 Å². The lowest BCUT2D eigenvalue weighted by Crippen LogP contribution is -2.26. The van der Waals surface area contributed by atoms with Crippen molar-refractivity contribution in [2.75, 3.05) is 0 Å². The monoisotopic (exact) mass is 604 g/mol. The summed E-state index contributed by atoms with van der Waals surface area (Å²) >= 11 is 0. The molecule has 1 nitrogen and oxygen atoms in total. The molecular formula is C44H29OP. The molecule has 0 amide bonds. The van der Waals surface area contributed by atoms with Crippen LogP contribution < -0.4 is 15.9 Å². The summed E-state index contributed by atoms with van der Waals surface area (Å²) < 4.78 is 16.7. The zero-order chi connectivity index (χ0) is 30.7. The Labute approximate surface area is 268 Å². The number of fused-ring (bicyclic) bond motifs is 9. The second-order valence-corrected chi connectivity index (χ2v) is 14.7. The summed E-state index contributed by atoms with van der Waals surface area (Å²) in [4.78, 5) is 0. The van der Waals surface area contributed by atoms with Crippen LogP contribution in [0.1, 0.15) is 0 Å². The Morgan fingerprint density at radius 2 is 0.870 bits per heavy atom. The molecule has 0 bridgehead atoms. The average molecular weight is 605 g/mol. The third-order valence-corrected chi connectivity index (χ3v) is 12.6. The van der Waals surface area contributed by atoms with Gasteiger partial charge < -0.3 is 4.57 Å². The van der Waals surface area contributed by atoms with Gasteiger partial charge in [-0.15, -0.1) is 0 Å². The van der Waals surface area contributed by atoms with E-state index in [1.54, 1.807) is 0 Å². The number of hydrogen-bond acceptors (Lipinski definition) is 1. The molecule has 0 aromatic heterocycles. The van der Waals surface area contributed by atoms with Crippen LogP contribution in [0.25, 0.3) is 66.1 Å². The second kappa shape index (κ2) is 10.6. The maximum Gasteiger partial charge on any atom is 0.172 e. The highest BCUT2D eigenvalue weighted by Gasteiger charge is 2.39. The van der Waals surface area contributed by atoms with Crippen LogP contribution >= 0.6 is 7.14 Å². The van der Waals surface area contributed by atoms with E-state index >= 15 is 4.57 Å². The molecule has 8 aromatic carbocycles. The van der Waals surface area contributed by atoms with Crippen LogP contribution in [0.5, 0.6) is 0 Å². The van der Waals surface area contributed by atoms with E-state index < -0.39 is 7.14 Å². The molecule has 0 spiro atoms. The van der Waals surface area contributed by atoms with Gasteiger partial charge in [-0.2, -0.15) is 0 Å². The normalized spacial score (nSPS) is 15.1. The minimum atomic E-state index is -3.45. The minimum Gasteiger partial charge on any atom is -0.309 e. The molecule has 1 atom stereocenters. The van der Waals surface area contributed by atoms with E-state index in [0.29, 0.717) is 0 Å². The Balaban J connectivity index is 1.47. The molecule has 1 heterocycles. The molecule has 0 radical (unpaired) electrons. The Bertz CT molecular complexity index is 2440. The van der Waals surface area contributed by atoms with Crippen molar-refractivity contribution < 1.29 is 4.57 Å². The summed E-state index contributed by atoms with van der Waals surface area (Å²) in [6.07, 6.45) is 0. The molecule has 216 valence electrons. The zero-order valence-electron chi connectivity index (χ0n) is 25.1. The highest BCUT2D eigenvalue weighted by Crippen LogP contribution is 2.55. The molecule has 9 rings (SSSR count). The summed E-state index contributed by atoms with van der Waals surface area (Å²) in [7, 11) is -3.45. The SMILES string of the molecule is O=P1(c2cc(-c3ccccc3)cc(-c3ccccc3)c2)c2ccccc2-c2ccc3ccccc3c2-c2c1ccc1ccccc21. The van der Waals surface area contributed by atoms with Gasteiger partial charge in [-0.25, -0.2) is 0 Å². The van der Waals surface area contributed by atoms with Crippen LogP contribution in [-0.4, -0.2) is 0 Å². The molecule has 1 aliphatic rings. The van der Waals surface area contributed by atoms with Crippen LogP contribution in [0.3, 0.4) is 0 Å². The van der Waals surface area contributed by atoms with Crippen LogP contribution in [0, 0.1) is 0 Å². The highest BCUT2D eigenvalue weighted by molar-refractivity contribution is 7.86. The molecule has 0 saturated carbocycles. The molecule has 8 aromatic rings. The predicted molar refractivity (Wildman–Crippen MR) is 196 cm³/mol. The molecule has 46 heavy (non-hydrogen) atoms. The molecule has 0 fully saturated rings. The van der Waals surface area contributed by atoms with Gasteiger partial charge in [-0.1, -0.05) is 152 Å². The summed E-state index contributed by atoms with van der Waals surface area (Å²) in [6, 6.07) is 61.7. The minimum absolute atomic E-state index is 0.841. The molecular weight excluding hydrogens is 575 g/mol. The lowest BCUT2D eigenvalue weighted by atomic mass is 9.87. The fourth-order valence-corrected chi connectivity index (χ4v) is 10.4. The Morgan fingerprint density at radius 1 is 0.348 bits per heavy atom. The molecule has 0 saturated heterocycles. The van der Waals surface area contributed by atoms with Crippen molar-refractivity contribution in [1.29, 1.82) is 0 Å². The smallest absolute Gasteiger partial charge is 0.172 e. The first-order valence-corrected chi connectivity index (χ1v) is 17.4. The Hall–Kier alpha value is -5.49. The second-order valence-electron chi connectivity index (χ2n) is 12.0. The first-order chi connectivity index (χ1) is 22.7. The summed E-state index contributed by atoms with van der Waals surface area (Å²) in [5.74, 6) is 0. The number of hydrogen-bond donors (Lipinski definition) is 0. The van der Waals surface area contributed by atoms with E-state index in [0.717, 1.165) is 71.2 Å². The molecule has 0 N–H and O–H groups in total. The third-order valence-electron chi connectivity index (χ3n) is 9.45. The van der Waals surface area contributed by atoms with E-state index in [2.05, 4.69) is 158 Å². The van der Waals surface area contributed by atoms with Gasteiger partial charge in [0, 0.05) is 21.5 Å². The average Bonchev–Trinajstić information content (AvgIpc) is 3.23. The van der Waals surface area contributed by atoms with E-state index in [1.165, 1.54) is 10.8 Å². The van der Waals surface area contributed by atoms with Gasteiger partial charge in [0.1, 0.15) is 0 Å². The number of benzene rings is 8. The standard InChI is InChI=1S/C44H29OP/c45-46(36-28-34(30-13-3-1-4-14-30)27-35(29-36)31-15-5-2-6-16-31)41-22-12-11-21-39(41)40-25-23-32-17-7-9-19-37(32)43(40)44-38-20-10-8-18-33(38)24-26-42(44)46/h1-29H. The molecule has 0 aliphatic carbocycles. The van der Waals surface area contributed by atoms with E-state index in [1.807, 2.05) is 18.2 Å². The highest BCUT2D eigenvalue weighted by atomic mass is 31.2. The third kappa shape index (κ3) is 4.06. The van der Waals surface area contributed by atoms with Gasteiger partial charge in [0.2, 0.25) is 0 Å².